The largest absolute Gasteiger partial charge is 0.424 e. The second kappa shape index (κ2) is 6.52. The Hall–Kier alpha value is -1.39. The summed E-state index contributed by atoms with van der Waals surface area (Å²) in [5.41, 5.74) is 4.96. The van der Waals surface area contributed by atoms with Crippen LogP contribution in [0.15, 0.2) is 24.3 Å². The second-order valence-corrected chi connectivity index (χ2v) is 4.52. The molecule has 1 unspecified atom stereocenters. The van der Waals surface area contributed by atoms with Gasteiger partial charge in [-0.25, -0.2) is 4.79 Å². The van der Waals surface area contributed by atoms with Crippen molar-refractivity contribution in [2.24, 2.45) is 5.73 Å². The standard InChI is InChI=1S/C14H21NO3/c1-3-14(2,17)13(16)18-12-9-5-4-7-11(12)8-6-10-15/h4-5,7,9,17H,3,6,8,10,15H2,1-2H3. The second-order valence-electron chi connectivity index (χ2n) is 4.52. The Kier molecular flexibility index (Phi) is 5.31. The van der Waals surface area contributed by atoms with Crippen molar-refractivity contribution in [1.29, 1.82) is 0 Å². The summed E-state index contributed by atoms with van der Waals surface area (Å²) in [7, 11) is 0. The maximum Gasteiger partial charge on any atom is 0.343 e. The van der Waals surface area contributed by atoms with Gasteiger partial charge >= 0.3 is 5.97 Å². The first-order valence-corrected chi connectivity index (χ1v) is 6.24. The molecule has 0 aliphatic rings. The van der Waals surface area contributed by atoms with Gasteiger partial charge in [0.05, 0.1) is 0 Å². The van der Waals surface area contributed by atoms with Gasteiger partial charge in [0, 0.05) is 0 Å². The minimum Gasteiger partial charge on any atom is -0.424 e. The molecule has 0 fully saturated rings. The van der Waals surface area contributed by atoms with Gasteiger partial charge in [-0.05, 0) is 44.4 Å². The summed E-state index contributed by atoms with van der Waals surface area (Å²) in [4.78, 5) is 11.8. The van der Waals surface area contributed by atoms with Gasteiger partial charge in [0.15, 0.2) is 5.60 Å². The highest BCUT2D eigenvalue weighted by atomic mass is 16.6. The molecule has 0 aromatic heterocycles. The zero-order chi connectivity index (χ0) is 13.6. The van der Waals surface area contributed by atoms with E-state index in [9.17, 15) is 9.90 Å². The number of carbonyl (C=O) groups excluding carboxylic acids is 1. The Balaban J connectivity index is 2.81. The van der Waals surface area contributed by atoms with E-state index in [2.05, 4.69) is 0 Å². The maximum atomic E-state index is 11.8. The molecule has 4 heteroatoms. The lowest BCUT2D eigenvalue weighted by Gasteiger charge is -2.20. The van der Waals surface area contributed by atoms with E-state index in [0.717, 1.165) is 18.4 Å². The Morgan fingerprint density at radius 2 is 2.11 bits per heavy atom. The first-order chi connectivity index (χ1) is 8.51. The molecule has 18 heavy (non-hydrogen) atoms. The fourth-order valence-electron chi connectivity index (χ4n) is 1.46. The molecule has 0 saturated heterocycles. The minimum atomic E-state index is -1.44. The van der Waals surface area contributed by atoms with Crippen LogP contribution in [0.4, 0.5) is 0 Å². The van der Waals surface area contributed by atoms with E-state index in [1.54, 1.807) is 19.1 Å². The van der Waals surface area contributed by atoms with Gasteiger partial charge in [-0.15, -0.1) is 0 Å². The number of aliphatic hydroxyl groups is 1. The van der Waals surface area contributed by atoms with E-state index in [1.807, 2.05) is 12.1 Å². The Morgan fingerprint density at radius 3 is 2.72 bits per heavy atom. The quantitative estimate of drug-likeness (QED) is 0.595. The Morgan fingerprint density at radius 1 is 1.44 bits per heavy atom. The van der Waals surface area contributed by atoms with Crippen molar-refractivity contribution in [3.8, 4) is 5.75 Å². The van der Waals surface area contributed by atoms with Crippen LogP contribution in [0.25, 0.3) is 0 Å². The molecule has 0 bridgehead atoms. The summed E-state index contributed by atoms with van der Waals surface area (Å²) < 4.78 is 5.27. The van der Waals surface area contributed by atoms with E-state index in [0.29, 0.717) is 18.7 Å². The van der Waals surface area contributed by atoms with Crippen LogP contribution in [0.1, 0.15) is 32.3 Å². The van der Waals surface area contributed by atoms with Crippen molar-refractivity contribution < 1.29 is 14.6 Å². The normalized spacial score (nSPS) is 14.0. The molecule has 0 saturated carbocycles. The number of benzene rings is 1. The summed E-state index contributed by atoms with van der Waals surface area (Å²) in [6.45, 7) is 3.79. The van der Waals surface area contributed by atoms with E-state index in [4.69, 9.17) is 10.5 Å². The summed E-state index contributed by atoms with van der Waals surface area (Å²) >= 11 is 0. The third-order valence-electron chi connectivity index (χ3n) is 2.95. The number of carbonyl (C=O) groups is 1. The van der Waals surface area contributed by atoms with Gasteiger partial charge in [0.1, 0.15) is 5.75 Å². The molecule has 1 atom stereocenters. The highest BCUT2D eigenvalue weighted by Crippen LogP contribution is 2.22. The summed E-state index contributed by atoms with van der Waals surface area (Å²) in [5, 5.41) is 9.83. The Bertz CT molecular complexity index is 402. The van der Waals surface area contributed by atoms with Crippen LogP contribution in [0.5, 0.6) is 5.75 Å². The molecule has 1 rings (SSSR count). The predicted octanol–water partition coefficient (Wildman–Crippen LogP) is 1.64. The maximum absolute atomic E-state index is 11.8. The molecule has 0 radical (unpaired) electrons. The molecule has 1 aromatic rings. The molecular formula is C14H21NO3. The molecule has 4 nitrogen and oxygen atoms in total. The highest BCUT2D eigenvalue weighted by molar-refractivity contribution is 5.81. The van der Waals surface area contributed by atoms with Crippen LogP contribution < -0.4 is 10.5 Å². The van der Waals surface area contributed by atoms with E-state index < -0.39 is 11.6 Å². The average molecular weight is 251 g/mol. The molecule has 0 aliphatic heterocycles. The van der Waals surface area contributed by atoms with E-state index >= 15 is 0 Å². The molecule has 0 aliphatic carbocycles. The van der Waals surface area contributed by atoms with Crippen molar-refractivity contribution in [3.05, 3.63) is 29.8 Å². The molecular weight excluding hydrogens is 230 g/mol. The van der Waals surface area contributed by atoms with Crippen LogP contribution in [0.2, 0.25) is 0 Å². The number of ether oxygens (including phenoxy) is 1. The number of hydrogen-bond acceptors (Lipinski definition) is 4. The van der Waals surface area contributed by atoms with Crippen LogP contribution in [-0.2, 0) is 11.2 Å². The van der Waals surface area contributed by atoms with E-state index in [1.165, 1.54) is 6.92 Å². The van der Waals surface area contributed by atoms with Crippen molar-refractivity contribution in [2.45, 2.75) is 38.7 Å². The third-order valence-corrected chi connectivity index (χ3v) is 2.95. The minimum absolute atomic E-state index is 0.316. The third kappa shape index (κ3) is 3.82. The van der Waals surface area contributed by atoms with Gasteiger partial charge in [0.25, 0.3) is 0 Å². The lowest BCUT2D eigenvalue weighted by atomic mass is 10.0. The summed E-state index contributed by atoms with van der Waals surface area (Å²) in [6, 6.07) is 7.32. The van der Waals surface area contributed by atoms with Gasteiger partial charge in [-0.1, -0.05) is 25.1 Å². The fourth-order valence-corrected chi connectivity index (χ4v) is 1.46. The van der Waals surface area contributed by atoms with Crippen LogP contribution in [-0.4, -0.2) is 23.2 Å². The molecule has 0 amide bonds. The monoisotopic (exact) mass is 251 g/mol. The summed E-state index contributed by atoms with van der Waals surface area (Å²) in [6.07, 6.45) is 1.91. The molecule has 1 aromatic carbocycles. The topological polar surface area (TPSA) is 72.5 Å². The van der Waals surface area contributed by atoms with Crippen molar-refractivity contribution in [3.63, 3.8) is 0 Å². The first kappa shape index (κ1) is 14.7. The van der Waals surface area contributed by atoms with Gasteiger partial charge in [0.2, 0.25) is 0 Å². The van der Waals surface area contributed by atoms with Crippen molar-refractivity contribution >= 4 is 5.97 Å². The summed E-state index contributed by atoms with van der Waals surface area (Å²) in [5.74, 6) is -0.116. The van der Waals surface area contributed by atoms with Crippen LogP contribution >= 0.6 is 0 Å². The lowest BCUT2D eigenvalue weighted by molar-refractivity contribution is -0.153. The van der Waals surface area contributed by atoms with E-state index in [-0.39, 0.29) is 0 Å². The number of nitrogens with two attached hydrogens (primary N) is 1. The first-order valence-electron chi connectivity index (χ1n) is 6.24. The van der Waals surface area contributed by atoms with Gasteiger partial charge < -0.3 is 15.6 Å². The molecule has 3 N–H and O–H groups in total. The highest BCUT2D eigenvalue weighted by Gasteiger charge is 2.30. The van der Waals surface area contributed by atoms with Crippen LogP contribution in [0.3, 0.4) is 0 Å². The molecule has 0 spiro atoms. The van der Waals surface area contributed by atoms with Crippen molar-refractivity contribution in [2.75, 3.05) is 6.54 Å². The zero-order valence-electron chi connectivity index (χ0n) is 11.0. The smallest absolute Gasteiger partial charge is 0.343 e. The molecule has 0 heterocycles. The predicted molar refractivity (Wildman–Crippen MR) is 70.4 cm³/mol. The number of aryl methyl sites for hydroxylation is 1. The number of hydrogen-bond donors (Lipinski definition) is 2. The fraction of sp³-hybridized carbons (Fsp3) is 0.500. The van der Waals surface area contributed by atoms with Crippen molar-refractivity contribution in [1.82, 2.24) is 0 Å². The van der Waals surface area contributed by atoms with Gasteiger partial charge in [-0.2, -0.15) is 0 Å². The SMILES string of the molecule is CCC(C)(O)C(=O)Oc1ccccc1CCCN. The van der Waals surface area contributed by atoms with Gasteiger partial charge in [-0.3, -0.25) is 0 Å². The Labute approximate surface area is 108 Å². The number of rotatable bonds is 6. The number of para-hydroxylation sites is 1. The van der Waals surface area contributed by atoms with Crippen LogP contribution in [0, 0.1) is 0 Å². The number of esters is 1. The lowest BCUT2D eigenvalue weighted by Crippen LogP contribution is -2.38. The molecule has 100 valence electrons. The average Bonchev–Trinajstić information content (AvgIpc) is 2.37. The zero-order valence-corrected chi connectivity index (χ0v) is 11.0.